The molecular weight excluding hydrogens is 577 g/mol. The summed E-state index contributed by atoms with van der Waals surface area (Å²) in [4.78, 5) is 29.5. The fourth-order valence-electron chi connectivity index (χ4n) is 4.90. The van der Waals surface area contributed by atoms with E-state index in [1.165, 1.54) is 29.2 Å². The highest BCUT2D eigenvalue weighted by Gasteiger charge is 2.35. The number of rotatable bonds is 13. The van der Waals surface area contributed by atoms with Crippen LogP contribution < -0.4 is 9.62 Å². The first-order chi connectivity index (χ1) is 21.1. The highest BCUT2D eigenvalue weighted by atomic mass is 32.2. The van der Waals surface area contributed by atoms with Crippen LogP contribution in [0.25, 0.3) is 0 Å². The fraction of sp³-hybridized carbons (Fsp3) is 0.257. The van der Waals surface area contributed by atoms with E-state index in [1.807, 2.05) is 44.2 Å². The number of anilines is 1. The molecule has 0 aliphatic carbocycles. The lowest BCUT2D eigenvalue weighted by atomic mass is 10.0. The number of halogens is 1. The van der Waals surface area contributed by atoms with Crippen LogP contribution >= 0.6 is 0 Å². The molecule has 0 bridgehead atoms. The minimum absolute atomic E-state index is 0.0254. The van der Waals surface area contributed by atoms with Gasteiger partial charge in [-0.05, 0) is 67.3 Å². The molecule has 0 unspecified atom stereocenters. The molecule has 0 aliphatic heterocycles. The van der Waals surface area contributed by atoms with Crippen molar-refractivity contribution in [1.82, 2.24) is 10.2 Å². The van der Waals surface area contributed by atoms with Crippen molar-refractivity contribution in [3.8, 4) is 0 Å². The first kappa shape index (κ1) is 32.4. The third-order valence-electron chi connectivity index (χ3n) is 7.36. The summed E-state index contributed by atoms with van der Waals surface area (Å²) in [5, 5.41) is 2.91. The van der Waals surface area contributed by atoms with Gasteiger partial charge in [0.25, 0.3) is 10.0 Å². The highest BCUT2D eigenvalue weighted by Crippen LogP contribution is 2.28. The van der Waals surface area contributed by atoms with Gasteiger partial charge in [-0.1, -0.05) is 85.3 Å². The number of para-hydroxylation sites is 1. The average molecular weight is 616 g/mol. The molecule has 4 aromatic carbocycles. The van der Waals surface area contributed by atoms with Gasteiger partial charge in [0.05, 0.1) is 10.6 Å². The lowest BCUT2D eigenvalue weighted by Gasteiger charge is -2.34. The molecule has 44 heavy (non-hydrogen) atoms. The van der Waals surface area contributed by atoms with Crippen molar-refractivity contribution < 1.29 is 22.4 Å². The van der Waals surface area contributed by atoms with Gasteiger partial charge in [0.1, 0.15) is 18.4 Å². The Morgan fingerprint density at radius 1 is 0.818 bits per heavy atom. The van der Waals surface area contributed by atoms with Gasteiger partial charge >= 0.3 is 0 Å². The Kier molecular flexibility index (Phi) is 10.9. The van der Waals surface area contributed by atoms with Crippen LogP contribution in [0, 0.1) is 19.7 Å². The lowest BCUT2D eigenvalue weighted by Crippen LogP contribution is -2.53. The number of aryl methyl sites for hydroxylation is 2. The molecule has 1 atom stereocenters. The minimum atomic E-state index is -4.18. The number of benzene rings is 4. The molecule has 4 aromatic rings. The minimum Gasteiger partial charge on any atom is -0.354 e. The second-order valence-electron chi connectivity index (χ2n) is 10.8. The molecule has 7 nitrogen and oxygen atoms in total. The standard InChI is InChI=1S/C35H38FN3O4S/c1-4-22-37-35(41)33(23-28-11-6-5-7-12-28)38(24-29-16-18-30(36)19-17-29)34(40)25-39(32-13-9-8-10-27(32)3)44(42,43)31-20-14-26(2)15-21-31/h5-21,33H,4,22-25H2,1-3H3,(H,37,41)/t33-/m1/s1. The molecule has 2 amide bonds. The van der Waals surface area contributed by atoms with Crippen molar-refractivity contribution in [1.29, 1.82) is 0 Å². The van der Waals surface area contributed by atoms with E-state index in [2.05, 4.69) is 5.32 Å². The molecule has 4 rings (SSSR count). The van der Waals surface area contributed by atoms with Crippen molar-refractivity contribution in [3.05, 3.63) is 131 Å². The quantitative estimate of drug-likeness (QED) is 0.206. The Morgan fingerprint density at radius 3 is 2.09 bits per heavy atom. The number of amides is 2. The number of sulfonamides is 1. The van der Waals surface area contributed by atoms with Gasteiger partial charge in [-0.15, -0.1) is 0 Å². The van der Waals surface area contributed by atoms with Gasteiger partial charge in [-0.3, -0.25) is 13.9 Å². The summed E-state index contributed by atoms with van der Waals surface area (Å²) in [6.07, 6.45) is 0.907. The van der Waals surface area contributed by atoms with Crippen molar-refractivity contribution in [2.24, 2.45) is 0 Å². The second-order valence-corrected chi connectivity index (χ2v) is 12.6. The average Bonchev–Trinajstić information content (AvgIpc) is 3.02. The maximum atomic E-state index is 14.4. The Bertz CT molecular complexity index is 1660. The van der Waals surface area contributed by atoms with Crippen LogP contribution in [0.3, 0.4) is 0 Å². The topological polar surface area (TPSA) is 86.8 Å². The molecule has 1 N–H and O–H groups in total. The van der Waals surface area contributed by atoms with Gasteiger partial charge in [-0.2, -0.15) is 0 Å². The van der Waals surface area contributed by atoms with Crippen LogP contribution in [0.15, 0.2) is 108 Å². The van der Waals surface area contributed by atoms with E-state index < -0.39 is 34.3 Å². The summed E-state index contributed by atoms with van der Waals surface area (Å²) < 4.78 is 43.1. The van der Waals surface area contributed by atoms with E-state index in [0.29, 0.717) is 29.8 Å². The largest absolute Gasteiger partial charge is 0.354 e. The van der Waals surface area contributed by atoms with Gasteiger partial charge in [0.15, 0.2) is 0 Å². The maximum absolute atomic E-state index is 14.4. The summed E-state index contributed by atoms with van der Waals surface area (Å²) >= 11 is 0. The molecular formula is C35H38FN3O4S. The van der Waals surface area contributed by atoms with Crippen LogP contribution in [-0.2, 0) is 32.6 Å². The summed E-state index contributed by atoms with van der Waals surface area (Å²) in [6, 6.07) is 27.5. The Balaban J connectivity index is 1.80. The van der Waals surface area contributed by atoms with Crippen molar-refractivity contribution in [2.75, 3.05) is 17.4 Å². The van der Waals surface area contributed by atoms with E-state index >= 15 is 0 Å². The van der Waals surface area contributed by atoms with Crippen molar-refractivity contribution >= 4 is 27.5 Å². The predicted octanol–water partition coefficient (Wildman–Crippen LogP) is 5.80. The van der Waals surface area contributed by atoms with E-state index in [-0.39, 0.29) is 23.8 Å². The van der Waals surface area contributed by atoms with E-state index in [4.69, 9.17) is 0 Å². The monoisotopic (exact) mass is 615 g/mol. The predicted molar refractivity (Wildman–Crippen MR) is 171 cm³/mol. The smallest absolute Gasteiger partial charge is 0.264 e. The second kappa shape index (κ2) is 14.8. The maximum Gasteiger partial charge on any atom is 0.264 e. The number of carbonyl (C=O) groups excluding carboxylic acids is 2. The fourth-order valence-corrected chi connectivity index (χ4v) is 6.38. The molecule has 0 radical (unpaired) electrons. The Labute approximate surface area is 259 Å². The van der Waals surface area contributed by atoms with Gasteiger partial charge in [0, 0.05) is 19.5 Å². The van der Waals surface area contributed by atoms with Crippen LogP contribution in [0.1, 0.15) is 35.6 Å². The molecule has 0 heterocycles. The summed E-state index contributed by atoms with van der Waals surface area (Å²) in [5.74, 6) is -1.35. The van der Waals surface area contributed by atoms with Crippen LogP contribution in [-0.4, -0.2) is 44.3 Å². The normalized spacial score (nSPS) is 11.9. The summed E-state index contributed by atoms with van der Waals surface area (Å²) in [7, 11) is -4.18. The molecule has 0 saturated heterocycles. The molecule has 230 valence electrons. The first-order valence-corrected chi connectivity index (χ1v) is 16.0. The molecule has 0 aromatic heterocycles. The first-order valence-electron chi connectivity index (χ1n) is 14.6. The van der Waals surface area contributed by atoms with Crippen LogP contribution in [0.2, 0.25) is 0 Å². The lowest BCUT2D eigenvalue weighted by molar-refractivity contribution is -0.140. The summed E-state index contributed by atoms with van der Waals surface area (Å²) in [6.45, 7) is 5.42. The number of carbonyl (C=O) groups is 2. The van der Waals surface area contributed by atoms with Crippen LogP contribution in [0.5, 0.6) is 0 Å². The zero-order chi connectivity index (χ0) is 31.7. The van der Waals surface area contributed by atoms with Crippen molar-refractivity contribution in [3.63, 3.8) is 0 Å². The van der Waals surface area contributed by atoms with Gasteiger partial charge in [-0.25, -0.2) is 12.8 Å². The van der Waals surface area contributed by atoms with E-state index in [1.54, 1.807) is 55.5 Å². The van der Waals surface area contributed by atoms with E-state index in [9.17, 15) is 22.4 Å². The zero-order valence-corrected chi connectivity index (χ0v) is 26.1. The zero-order valence-electron chi connectivity index (χ0n) is 25.2. The highest BCUT2D eigenvalue weighted by molar-refractivity contribution is 7.92. The number of hydrogen-bond donors (Lipinski definition) is 1. The molecule has 9 heteroatoms. The third kappa shape index (κ3) is 8.11. The summed E-state index contributed by atoms with van der Waals surface area (Å²) in [5.41, 5.74) is 3.37. The number of nitrogens with one attached hydrogen (secondary N) is 1. The molecule has 0 spiro atoms. The Morgan fingerprint density at radius 2 is 1.45 bits per heavy atom. The third-order valence-corrected chi connectivity index (χ3v) is 9.13. The molecule has 0 aliphatic rings. The number of nitrogens with zero attached hydrogens (tertiary/aromatic N) is 2. The van der Waals surface area contributed by atoms with Crippen LogP contribution in [0.4, 0.5) is 10.1 Å². The number of hydrogen-bond acceptors (Lipinski definition) is 4. The molecule has 0 fully saturated rings. The van der Waals surface area contributed by atoms with Gasteiger partial charge in [0.2, 0.25) is 11.8 Å². The Hall–Kier alpha value is -4.50. The van der Waals surface area contributed by atoms with Gasteiger partial charge < -0.3 is 10.2 Å². The SMILES string of the molecule is CCCNC(=O)[C@@H](Cc1ccccc1)N(Cc1ccc(F)cc1)C(=O)CN(c1ccccc1C)S(=O)(=O)c1ccc(C)cc1. The van der Waals surface area contributed by atoms with Crippen molar-refractivity contribution in [2.45, 2.75) is 51.1 Å². The molecule has 0 saturated carbocycles. The van der Waals surface area contributed by atoms with E-state index in [0.717, 1.165) is 15.4 Å².